The molecule has 0 aromatic rings. The third-order valence-corrected chi connectivity index (χ3v) is 3.90. The number of unbranched alkanes of at least 4 members (excludes halogenated alkanes) is 1. The van der Waals surface area contributed by atoms with Crippen LogP contribution < -0.4 is 0 Å². The zero-order valence-corrected chi connectivity index (χ0v) is 12.7. The summed E-state index contributed by atoms with van der Waals surface area (Å²) in [6.07, 6.45) is 5.59. The third-order valence-electron chi connectivity index (χ3n) is 3.90. The van der Waals surface area contributed by atoms with Gasteiger partial charge in [-0.2, -0.15) is 0 Å². The topological polar surface area (TPSA) is 0 Å². The molecular weight excluding hydrogens is 192 g/mol. The summed E-state index contributed by atoms with van der Waals surface area (Å²) in [4.78, 5) is 0. The van der Waals surface area contributed by atoms with E-state index >= 15 is 0 Å². The first-order valence-electron chi connectivity index (χ1n) is 7.40. The first kappa shape index (κ1) is 16.0. The molecule has 0 aliphatic rings. The minimum atomic E-state index is 0.839. The molecule has 0 fully saturated rings. The van der Waals surface area contributed by atoms with Crippen LogP contribution in [0.25, 0.3) is 0 Å². The average molecular weight is 226 g/mol. The van der Waals surface area contributed by atoms with Crippen molar-refractivity contribution < 1.29 is 0 Å². The van der Waals surface area contributed by atoms with Gasteiger partial charge in [0.1, 0.15) is 0 Å². The van der Waals surface area contributed by atoms with Crippen LogP contribution in [0.1, 0.15) is 74.1 Å². The lowest BCUT2D eigenvalue weighted by Gasteiger charge is -2.34. The molecule has 0 nitrogen and oxygen atoms in total. The highest BCUT2D eigenvalue weighted by Crippen LogP contribution is 2.35. The lowest BCUT2D eigenvalue weighted by molar-refractivity contribution is 0.154. The van der Waals surface area contributed by atoms with E-state index in [1.165, 1.54) is 25.7 Å². The van der Waals surface area contributed by atoms with Gasteiger partial charge in [0.15, 0.2) is 0 Å². The highest BCUT2D eigenvalue weighted by molar-refractivity contribution is 4.76. The van der Waals surface area contributed by atoms with E-state index in [1.54, 1.807) is 0 Å². The van der Waals surface area contributed by atoms with Gasteiger partial charge in [0, 0.05) is 0 Å². The van der Waals surface area contributed by atoms with Crippen molar-refractivity contribution in [3.63, 3.8) is 0 Å². The Bertz CT molecular complexity index is 155. The maximum absolute atomic E-state index is 2.41. The summed E-state index contributed by atoms with van der Waals surface area (Å²) in [5, 5.41) is 0. The van der Waals surface area contributed by atoms with E-state index in [-0.39, 0.29) is 0 Å². The summed E-state index contributed by atoms with van der Waals surface area (Å²) < 4.78 is 0. The Morgan fingerprint density at radius 2 is 1.25 bits per heavy atom. The zero-order valence-electron chi connectivity index (χ0n) is 12.7. The van der Waals surface area contributed by atoms with Crippen LogP contribution in [0.5, 0.6) is 0 Å². The maximum atomic E-state index is 2.41. The molecule has 0 saturated heterocycles. The van der Waals surface area contributed by atoms with E-state index in [4.69, 9.17) is 0 Å². The molecule has 0 aromatic carbocycles. The van der Waals surface area contributed by atoms with Crippen molar-refractivity contribution in [3.05, 3.63) is 0 Å². The molecule has 0 aliphatic carbocycles. The molecular formula is C16H34. The van der Waals surface area contributed by atoms with Crippen LogP contribution in [0.4, 0.5) is 0 Å². The van der Waals surface area contributed by atoms with Crippen molar-refractivity contribution in [2.75, 3.05) is 0 Å². The fourth-order valence-electron chi connectivity index (χ4n) is 2.97. The first-order valence-corrected chi connectivity index (χ1v) is 7.40. The second-order valence-electron chi connectivity index (χ2n) is 6.59. The van der Waals surface area contributed by atoms with Crippen molar-refractivity contribution in [2.45, 2.75) is 74.1 Å². The summed E-state index contributed by atoms with van der Waals surface area (Å²) in [6.45, 7) is 16.7. The first-order chi connectivity index (χ1) is 7.40. The molecule has 16 heavy (non-hydrogen) atoms. The van der Waals surface area contributed by atoms with Crippen molar-refractivity contribution in [1.29, 1.82) is 0 Å². The Balaban J connectivity index is 4.52. The SMILES string of the molecule is CCCCC(C(C)C)C(CC(C)C)C(C)C. The van der Waals surface area contributed by atoms with Gasteiger partial charge in [0.25, 0.3) is 0 Å². The van der Waals surface area contributed by atoms with Gasteiger partial charge in [-0.25, -0.2) is 0 Å². The molecule has 0 heterocycles. The monoisotopic (exact) mass is 226 g/mol. The van der Waals surface area contributed by atoms with E-state index < -0.39 is 0 Å². The molecule has 0 aliphatic heterocycles. The Morgan fingerprint density at radius 3 is 1.56 bits per heavy atom. The van der Waals surface area contributed by atoms with Crippen molar-refractivity contribution in [1.82, 2.24) is 0 Å². The minimum absolute atomic E-state index is 0.839. The van der Waals surface area contributed by atoms with Gasteiger partial charge in [-0.1, -0.05) is 61.3 Å². The predicted octanol–water partition coefficient (Wildman–Crippen LogP) is 5.77. The molecule has 0 amide bonds. The van der Waals surface area contributed by atoms with Gasteiger partial charge in [0.2, 0.25) is 0 Å². The summed E-state index contributed by atoms with van der Waals surface area (Å²) in [6, 6.07) is 0. The standard InChI is InChI=1S/C16H34/c1-8-9-10-15(13(4)5)16(14(6)7)11-12(2)3/h12-16H,8-11H2,1-7H3. The van der Waals surface area contributed by atoms with E-state index in [0.29, 0.717) is 0 Å². The van der Waals surface area contributed by atoms with Crippen LogP contribution in [0.2, 0.25) is 0 Å². The summed E-state index contributed by atoms with van der Waals surface area (Å²) in [5.41, 5.74) is 0. The number of hydrogen-bond donors (Lipinski definition) is 0. The molecule has 2 atom stereocenters. The highest BCUT2D eigenvalue weighted by atomic mass is 14.3. The van der Waals surface area contributed by atoms with Crippen molar-refractivity contribution >= 4 is 0 Å². The van der Waals surface area contributed by atoms with Crippen LogP contribution in [-0.2, 0) is 0 Å². The predicted molar refractivity (Wildman–Crippen MR) is 75.6 cm³/mol. The van der Waals surface area contributed by atoms with E-state index in [0.717, 1.165) is 29.6 Å². The Labute approximate surface area is 104 Å². The van der Waals surface area contributed by atoms with Crippen LogP contribution in [0.15, 0.2) is 0 Å². The second kappa shape index (κ2) is 8.14. The zero-order chi connectivity index (χ0) is 12.7. The fourth-order valence-corrected chi connectivity index (χ4v) is 2.97. The van der Waals surface area contributed by atoms with Gasteiger partial charge < -0.3 is 0 Å². The molecule has 0 spiro atoms. The Kier molecular flexibility index (Phi) is 8.14. The fraction of sp³-hybridized carbons (Fsp3) is 1.00. The van der Waals surface area contributed by atoms with Gasteiger partial charge >= 0.3 is 0 Å². The lowest BCUT2D eigenvalue weighted by atomic mass is 9.71. The highest BCUT2D eigenvalue weighted by Gasteiger charge is 2.26. The lowest BCUT2D eigenvalue weighted by Crippen LogP contribution is -2.26. The van der Waals surface area contributed by atoms with Crippen molar-refractivity contribution in [2.24, 2.45) is 29.6 Å². The van der Waals surface area contributed by atoms with Crippen LogP contribution >= 0.6 is 0 Å². The number of hydrogen-bond acceptors (Lipinski definition) is 0. The molecule has 0 radical (unpaired) electrons. The van der Waals surface area contributed by atoms with Gasteiger partial charge in [-0.15, -0.1) is 0 Å². The molecule has 0 aromatic heterocycles. The summed E-state index contributed by atoms with van der Waals surface area (Å²) in [7, 11) is 0. The molecule has 0 heteroatoms. The summed E-state index contributed by atoms with van der Waals surface area (Å²) >= 11 is 0. The van der Waals surface area contributed by atoms with E-state index in [2.05, 4.69) is 48.5 Å². The van der Waals surface area contributed by atoms with Crippen LogP contribution in [0.3, 0.4) is 0 Å². The normalized spacial score (nSPS) is 16.1. The van der Waals surface area contributed by atoms with E-state index in [1.807, 2.05) is 0 Å². The molecule has 0 rings (SSSR count). The van der Waals surface area contributed by atoms with Crippen LogP contribution in [-0.4, -0.2) is 0 Å². The molecule has 2 unspecified atom stereocenters. The largest absolute Gasteiger partial charge is 0.0654 e. The molecule has 0 saturated carbocycles. The molecule has 0 N–H and O–H groups in total. The Hall–Kier alpha value is 0. The average Bonchev–Trinajstić information content (AvgIpc) is 2.15. The smallest absolute Gasteiger partial charge is 0.0358 e. The Morgan fingerprint density at radius 1 is 0.750 bits per heavy atom. The van der Waals surface area contributed by atoms with Gasteiger partial charge in [-0.05, 0) is 42.4 Å². The second-order valence-corrected chi connectivity index (χ2v) is 6.59. The maximum Gasteiger partial charge on any atom is -0.0358 e. The minimum Gasteiger partial charge on any atom is -0.0654 e. The van der Waals surface area contributed by atoms with Gasteiger partial charge in [0.05, 0.1) is 0 Å². The third kappa shape index (κ3) is 5.92. The quantitative estimate of drug-likeness (QED) is 0.493. The summed E-state index contributed by atoms with van der Waals surface area (Å²) in [5.74, 6) is 4.38. The van der Waals surface area contributed by atoms with Crippen LogP contribution in [0, 0.1) is 29.6 Å². The van der Waals surface area contributed by atoms with Gasteiger partial charge in [-0.3, -0.25) is 0 Å². The number of rotatable bonds is 8. The van der Waals surface area contributed by atoms with E-state index in [9.17, 15) is 0 Å². The van der Waals surface area contributed by atoms with Crippen molar-refractivity contribution in [3.8, 4) is 0 Å². The molecule has 0 bridgehead atoms. The molecule has 98 valence electrons.